The van der Waals surface area contributed by atoms with Crippen molar-refractivity contribution in [1.82, 2.24) is 10.0 Å². The van der Waals surface area contributed by atoms with Crippen LogP contribution in [0.2, 0.25) is 0 Å². The summed E-state index contributed by atoms with van der Waals surface area (Å²) >= 11 is 0. The number of benzene rings is 1. The molecule has 1 aromatic carbocycles. The standard InChI is InChI=1S/C19H26N2O5S/c1-6-15(13-7-9-14(25-5)10-8-13)20-18(22)16-11-12-17(26-16)27(23,24)21-19(2,3)4/h7-12,15,21H,6H2,1-5H3,(H,20,22). The Balaban J connectivity index is 2.14. The Morgan fingerprint density at radius 1 is 1.15 bits per heavy atom. The van der Waals surface area contributed by atoms with Crippen LogP contribution in [0.5, 0.6) is 5.75 Å². The highest BCUT2D eigenvalue weighted by Crippen LogP contribution is 2.22. The summed E-state index contributed by atoms with van der Waals surface area (Å²) in [4.78, 5) is 12.5. The van der Waals surface area contributed by atoms with Gasteiger partial charge in [-0.2, -0.15) is 0 Å². The van der Waals surface area contributed by atoms with Gasteiger partial charge in [0.15, 0.2) is 5.76 Å². The molecule has 1 amide bonds. The highest BCUT2D eigenvalue weighted by atomic mass is 32.2. The quantitative estimate of drug-likeness (QED) is 0.751. The molecule has 27 heavy (non-hydrogen) atoms. The van der Waals surface area contributed by atoms with Gasteiger partial charge < -0.3 is 14.5 Å². The highest BCUT2D eigenvalue weighted by molar-refractivity contribution is 7.89. The smallest absolute Gasteiger partial charge is 0.287 e. The number of methoxy groups -OCH3 is 1. The van der Waals surface area contributed by atoms with Gasteiger partial charge in [0.2, 0.25) is 5.09 Å². The number of hydrogen-bond donors (Lipinski definition) is 2. The molecular formula is C19H26N2O5S. The van der Waals surface area contributed by atoms with E-state index >= 15 is 0 Å². The van der Waals surface area contributed by atoms with E-state index in [0.29, 0.717) is 6.42 Å². The molecule has 0 saturated carbocycles. The number of rotatable bonds is 7. The zero-order valence-corrected chi connectivity index (χ0v) is 17.0. The first-order valence-electron chi connectivity index (χ1n) is 8.64. The van der Waals surface area contributed by atoms with Gasteiger partial charge in [0, 0.05) is 5.54 Å². The molecule has 0 spiro atoms. The Kier molecular flexibility index (Phi) is 6.33. The number of ether oxygens (including phenoxy) is 1. The van der Waals surface area contributed by atoms with Crippen molar-refractivity contribution >= 4 is 15.9 Å². The molecule has 1 unspecified atom stereocenters. The van der Waals surface area contributed by atoms with Gasteiger partial charge in [-0.25, -0.2) is 13.1 Å². The lowest BCUT2D eigenvalue weighted by Gasteiger charge is -2.19. The fourth-order valence-corrected chi connectivity index (χ4v) is 3.88. The number of nitrogens with one attached hydrogen (secondary N) is 2. The maximum atomic E-state index is 12.5. The topological polar surface area (TPSA) is 97.6 Å². The fourth-order valence-electron chi connectivity index (χ4n) is 2.53. The molecular weight excluding hydrogens is 368 g/mol. The van der Waals surface area contributed by atoms with Gasteiger partial charge in [0.25, 0.3) is 15.9 Å². The van der Waals surface area contributed by atoms with Gasteiger partial charge in [-0.05, 0) is 57.0 Å². The number of amides is 1. The monoisotopic (exact) mass is 394 g/mol. The van der Waals surface area contributed by atoms with Crippen molar-refractivity contribution in [3.63, 3.8) is 0 Å². The van der Waals surface area contributed by atoms with Gasteiger partial charge in [0.05, 0.1) is 13.2 Å². The van der Waals surface area contributed by atoms with Gasteiger partial charge in [-0.3, -0.25) is 4.79 Å². The molecule has 0 radical (unpaired) electrons. The summed E-state index contributed by atoms with van der Waals surface area (Å²) in [6, 6.07) is 9.78. The average molecular weight is 394 g/mol. The Bertz CT molecular complexity index is 880. The van der Waals surface area contributed by atoms with E-state index in [1.54, 1.807) is 27.9 Å². The molecule has 0 aliphatic carbocycles. The minimum Gasteiger partial charge on any atom is -0.497 e. The summed E-state index contributed by atoms with van der Waals surface area (Å²) in [7, 11) is -2.25. The van der Waals surface area contributed by atoms with Crippen LogP contribution in [-0.2, 0) is 10.0 Å². The van der Waals surface area contributed by atoms with Crippen molar-refractivity contribution in [2.45, 2.75) is 50.8 Å². The Morgan fingerprint density at radius 2 is 1.78 bits per heavy atom. The van der Waals surface area contributed by atoms with E-state index in [2.05, 4.69) is 10.0 Å². The summed E-state index contributed by atoms with van der Waals surface area (Å²) in [5.41, 5.74) is 0.260. The summed E-state index contributed by atoms with van der Waals surface area (Å²) in [6.07, 6.45) is 0.662. The molecule has 1 heterocycles. The molecule has 148 valence electrons. The maximum Gasteiger partial charge on any atom is 0.287 e. The minimum absolute atomic E-state index is 0.0590. The third kappa shape index (κ3) is 5.58. The average Bonchev–Trinajstić information content (AvgIpc) is 3.09. The van der Waals surface area contributed by atoms with Crippen molar-refractivity contribution in [2.75, 3.05) is 7.11 Å². The van der Waals surface area contributed by atoms with Crippen LogP contribution in [0.3, 0.4) is 0 Å². The van der Waals surface area contributed by atoms with E-state index in [1.807, 2.05) is 31.2 Å². The van der Waals surface area contributed by atoms with Gasteiger partial charge in [0.1, 0.15) is 5.75 Å². The second-order valence-electron chi connectivity index (χ2n) is 7.18. The number of sulfonamides is 1. The van der Waals surface area contributed by atoms with Crippen LogP contribution in [-0.4, -0.2) is 27.0 Å². The summed E-state index contributed by atoms with van der Waals surface area (Å²) in [5.74, 6) is 0.193. The third-order valence-electron chi connectivity index (χ3n) is 3.74. The third-order valence-corrected chi connectivity index (χ3v) is 5.37. The van der Waals surface area contributed by atoms with E-state index < -0.39 is 21.5 Å². The van der Waals surface area contributed by atoms with Crippen LogP contribution in [0.15, 0.2) is 45.9 Å². The van der Waals surface area contributed by atoms with Crippen molar-refractivity contribution in [2.24, 2.45) is 0 Å². The second kappa shape index (κ2) is 8.14. The lowest BCUT2D eigenvalue weighted by atomic mass is 10.0. The molecule has 1 atom stereocenters. The number of furan rings is 1. The van der Waals surface area contributed by atoms with E-state index in [-0.39, 0.29) is 16.9 Å². The Hall–Kier alpha value is -2.32. The van der Waals surface area contributed by atoms with E-state index in [9.17, 15) is 13.2 Å². The molecule has 1 aromatic heterocycles. The molecule has 0 bridgehead atoms. The van der Waals surface area contributed by atoms with Crippen molar-refractivity contribution in [3.8, 4) is 5.75 Å². The van der Waals surface area contributed by atoms with Crippen LogP contribution in [0.4, 0.5) is 0 Å². The zero-order valence-electron chi connectivity index (χ0n) is 16.2. The first-order chi connectivity index (χ1) is 12.6. The summed E-state index contributed by atoms with van der Waals surface area (Å²) < 4.78 is 37.5. The van der Waals surface area contributed by atoms with Gasteiger partial charge >= 0.3 is 0 Å². The van der Waals surface area contributed by atoms with Crippen LogP contribution in [0.1, 0.15) is 56.3 Å². The molecule has 7 nitrogen and oxygen atoms in total. The Morgan fingerprint density at radius 3 is 2.30 bits per heavy atom. The van der Waals surface area contributed by atoms with Crippen LogP contribution >= 0.6 is 0 Å². The molecule has 0 aliphatic rings. The molecule has 8 heteroatoms. The van der Waals surface area contributed by atoms with Crippen LogP contribution < -0.4 is 14.8 Å². The fraction of sp³-hybridized carbons (Fsp3) is 0.421. The number of carbonyl (C=O) groups is 1. The van der Waals surface area contributed by atoms with Gasteiger partial charge in [-0.15, -0.1) is 0 Å². The van der Waals surface area contributed by atoms with Crippen LogP contribution in [0, 0.1) is 0 Å². The van der Waals surface area contributed by atoms with E-state index in [0.717, 1.165) is 11.3 Å². The van der Waals surface area contributed by atoms with Crippen molar-refractivity contribution in [3.05, 3.63) is 47.7 Å². The normalized spacial score (nSPS) is 13.2. The number of hydrogen-bond acceptors (Lipinski definition) is 5. The van der Waals surface area contributed by atoms with Gasteiger partial charge in [-0.1, -0.05) is 19.1 Å². The molecule has 2 N–H and O–H groups in total. The molecule has 0 aliphatic heterocycles. The number of carbonyl (C=O) groups excluding carboxylic acids is 1. The van der Waals surface area contributed by atoms with Crippen molar-refractivity contribution < 1.29 is 22.4 Å². The molecule has 2 rings (SSSR count). The predicted molar refractivity (Wildman–Crippen MR) is 102 cm³/mol. The Labute approximate surface area is 160 Å². The first-order valence-corrected chi connectivity index (χ1v) is 10.1. The minimum atomic E-state index is -3.84. The zero-order chi connectivity index (χ0) is 20.2. The van der Waals surface area contributed by atoms with Crippen molar-refractivity contribution in [1.29, 1.82) is 0 Å². The largest absolute Gasteiger partial charge is 0.497 e. The second-order valence-corrected chi connectivity index (χ2v) is 8.80. The van der Waals surface area contributed by atoms with E-state index in [4.69, 9.17) is 9.15 Å². The lowest BCUT2D eigenvalue weighted by Crippen LogP contribution is -2.40. The highest BCUT2D eigenvalue weighted by Gasteiger charge is 2.26. The SMILES string of the molecule is CCC(NC(=O)c1ccc(S(=O)(=O)NC(C)(C)C)o1)c1ccc(OC)cc1. The summed E-state index contributed by atoms with van der Waals surface area (Å²) in [5, 5.41) is 2.57. The maximum absolute atomic E-state index is 12.5. The molecule has 0 saturated heterocycles. The lowest BCUT2D eigenvalue weighted by molar-refractivity contribution is 0.0902. The van der Waals surface area contributed by atoms with E-state index in [1.165, 1.54) is 12.1 Å². The molecule has 2 aromatic rings. The van der Waals surface area contributed by atoms with Crippen LogP contribution in [0.25, 0.3) is 0 Å². The first kappa shape index (κ1) is 21.0. The predicted octanol–water partition coefficient (Wildman–Crippen LogP) is 3.25. The molecule has 0 fully saturated rings. The summed E-state index contributed by atoms with van der Waals surface area (Å²) in [6.45, 7) is 7.12.